The van der Waals surface area contributed by atoms with Crippen LogP contribution in [0.25, 0.3) is 0 Å². The van der Waals surface area contributed by atoms with Crippen LogP contribution in [0.15, 0.2) is 48.5 Å². The molecule has 1 amide bonds. The summed E-state index contributed by atoms with van der Waals surface area (Å²) in [7, 11) is 0. The SMILES string of the molecule is Cc1ccc(C(=O)CCC(=O)NC(CC(=O)O)c2ccccc2C)cc1. The van der Waals surface area contributed by atoms with Crippen LogP contribution in [-0.2, 0) is 9.59 Å². The zero-order chi connectivity index (χ0) is 19.1. The van der Waals surface area contributed by atoms with Crippen molar-refractivity contribution in [2.45, 2.75) is 39.2 Å². The normalized spacial score (nSPS) is 11.6. The van der Waals surface area contributed by atoms with Crippen molar-refractivity contribution in [2.24, 2.45) is 0 Å². The van der Waals surface area contributed by atoms with Gasteiger partial charge in [0.15, 0.2) is 5.78 Å². The van der Waals surface area contributed by atoms with Crippen LogP contribution >= 0.6 is 0 Å². The molecular formula is C21H23NO4. The van der Waals surface area contributed by atoms with E-state index >= 15 is 0 Å². The average molecular weight is 353 g/mol. The van der Waals surface area contributed by atoms with Crippen molar-refractivity contribution in [3.63, 3.8) is 0 Å². The lowest BCUT2D eigenvalue weighted by atomic mass is 9.98. The number of carboxylic acid groups (broad SMARTS) is 1. The zero-order valence-electron chi connectivity index (χ0n) is 15.0. The summed E-state index contributed by atoms with van der Waals surface area (Å²) in [5.41, 5.74) is 3.32. The molecule has 2 aromatic carbocycles. The van der Waals surface area contributed by atoms with E-state index in [4.69, 9.17) is 5.11 Å². The Hall–Kier alpha value is -2.95. The molecule has 0 radical (unpaired) electrons. The lowest BCUT2D eigenvalue weighted by molar-refractivity contribution is -0.137. The summed E-state index contributed by atoms with van der Waals surface area (Å²) in [6.45, 7) is 3.81. The fourth-order valence-electron chi connectivity index (χ4n) is 2.77. The average Bonchev–Trinajstić information content (AvgIpc) is 2.60. The van der Waals surface area contributed by atoms with Gasteiger partial charge in [0.05, 0.1) is 12.5 Å². The number of rotatable bonds is 8. The lowest BCUT2D eigenvalue weighted by Crippen LogP contribution is -2.30. The van der Waals surface area contributed by atoms with Crippen LogP contribution in [-0.4, -0.2) is 22.8 Å². The number of hydrogen-bond acceptors (Lipinski definition) is 3. The number of Topliss-reactive ketones (excluding diaryl/α,β-unsaturated/α-hetero) is 1. The predicted octanol–water partition coefficient (Wildman–Crippen LogP) is 3.60. The van der Waals surface area contributed by atoms with Crippen molar-refractivity contribution in [2.75, 3.05) is 0 Å². The molecule has 0 spiro atoms. The molecule has 0 aliphatic heterocycles. The van der Waals surface area contributed by atoms with E-state index in [2.05, 4.69) is 5.32 Å². The van der Waals surface area contributed by atoms with E-state index in [1.54, 1.807) is 18.2 Å². The van der Waals surface area contributed by atoms with Gasteiger partial charge in [-0.1, -0.05) is 54.1 Å². The molecule has 0 aliphatic carbocycles. The van der Waals surface area contributed by atoms with Gasteiger partial charge in [-0.2, -0.15) is 0 Å². The van der Waals surface area contributed by atoms with Crippen molar-refractivity contribution < 1.29 is 19.5 Å². The van der Waals surface area contributed by atoms with Gasteiger partial charge < -0.3 is 10.4 Å². The van der Waals surface area contributed by atoms with Gasteiger partial charge >= 0.3 is 5.97 Å². The van der Waals surface area contributed by atoms with E-state index < -0.39 is 12.0 Å². The largest absolute Gasteiger partial charge is 0.481 e. The van der Waals surface area contributed by atoms with E-state index in [1.807, 2.05) is 44.2 Å². The molecule has 5 heteroatoms. The quantitative estimate of drug-likeness (QED) is 0.710. The van der Waals surface area contributed by atoms with Gasteiger partial charge in [-0.15, -0.1) is 0 Å². The molecule has 136 valence electrons. The summed E-state index contributed by atoms with van der Waals surface area (Å²) in [5, 5.41) is 11.9. The van der Waals surface area contributed by atoms with E-state index in [0.29, 0.717) is 5.56 Å². The molecule has 2 aromatic rings. The molecule has 2 N–H and O–H groups in total. The second kappa shape index (κ2) is 8.94. The van der Waals surface area contributed by atoms with Crippen LogP contribution in [0, 0.1) is 13.8 Å². The third kappa shape index (κ3) is 5.55. The first-order valence-corrected chi connectivity index (χ1v) is 8.53. The molecule has 5 nitrogen and oxygen atoms in total. The first kappa shape index (κ1) is 19.4. The number of ketones is 1. The third-order valence-corrected chi connectivity index (χ3v) is 4.23. The van der Waals surface area contributed by atoms with E-state index in [-0.39, 0.29) is 31.0 Å². The molecule has 0 saturated carbocycles. The summed E-state index contributed by atoms with van der Waals surface area (Å²) in [6, 6.07) is 13.9. The molecule has 0 heterocycles. The maximum Gasteiger partial charge on any atom is 0.305 e. The van der Waals surface area contributed by atoms with Crippen molar-refractivity contribution in [1.82, 2.24) is 5.32 Å². The van der Waals surface area contributed by atoms with Gasteiger partial charge in [0.2, 0.25) is 5.91 Å². The number of hydrogen-bond donors (Lipinski definition) is 2. The monoisotopic (exact) mass is 353 g/mol. The smallest absolute Gasteiger partial charge is 0.305 e. The number of benzene rings is 2. The van der Waals surface area contributed by atoms with Crippen LogP contribution in [0.1, 0.15) is 52.4 Å². The Morgan fingerprint density at radius 2 is 1.62 bits per heavy atom. The molecule has 2 rings (SSSR count). The maximum absolute atomic E-state index is 12.3. The van der Waals surface area contributed by atoms with Crippen molar-refractivity contribution in [1.29, 1.82) is 0 Å². The molecule has 0 bridgehead atoms. The van der Waals surface area contributed by atoms with Crippen LogP contribution in [0.5, 0.6) is 0 Å². The predicted molar refractivity (Wildman–Crippen MR) is 99.1 cm³/mol. The third-order valence-electron chi connectivity index (χ3n) is 4.23. The van der Waals surface area contributed by atoms with E-state index in [9.17, 15) is 14.4 Å². The topological polar surface area (TPSA) is 83.5 Å². The number of aliphatic carboxylic acids is 1. The van der Waals surface area contributed by atoms with E-state index in [0.717, 1.165) is 16.7 Å². The Kier molecular flexibility index (Phi) is 6.67. The Morgan fingerprint density at radius 1 is 0.962 bits per heavy atom. The van der Waals surface area contributed by atoms with Crippen LogP contribution in [0.2, 0.25) is 0 Å². The summed E-state index contributed by atoms with van der Waals surface area (Å²) in [6.07, 6.45) is -0.0976. The number of carboxylic acids is 1. The van der Waals surface area contributed by atoms with Gasteiger partial charge in [-0.05, 0) is 25.0 Å². The van der Waals surface area contributed by atoms with Gasteiger partial charge in [-0.25, -0.2) is 0 Å². The standard InChI is InChI=1S/C21H23NO4/c1-14-7-9-16(10-8-14)19(23)11-12-20(24)22-18(13-21(25)26)17-6-4-3-5-15(17)2/h3-10,18H,11-13H2,1-2H3,(H,22,24)(H,25,26). The number of carbonyl (C=O) groups excluding carboxylic acids is 2. The summed E-state index contributed by atoms with van der Waals surface area (Å²) >= 11 is 0. The van der Waals surface area contributed by atoms with Crippen LogP contribution < -0.4 is 5.32 Å². The molecule has 0 fully saturated rings. The number of aryl methyl sites for hydroxylation is 2. The number of amides is 1. The minimum Gasteiger partial charge on any atom is -0.481 e. The van der Waals surface area contributed by atoms with Crippen molar-refractivity contribution in [3.8, 4) is 0 Å². The summed E-state index contributed by atoms with van der Waals surface area (Å²) < 4.78 is 0. The molecule has 1 atom stereocenters. The Bertz CT molecular complexity index is 796. The molecule has 26 heavy (non-hydrogen) atoms. The lowest BCUT2D eigenvalue weighted by Gasteiger charge is -2.19. The minimum atomic E-state index is -0.991. The number of carbonyl (C=O) groups is 3. The first-order valence-electron chi connectivity index (χ1n) is 8.53. The molecule has 0 aromatic heterocycles. The first-order chi connectivity index (χ1) is 12.4. The van der Waals surface area contributed by atoms with Crippen molar-refractivity contribution in [3.05, 3.63) is 70.8 Å². The van der Waals surface area contributed by atoms with E-state index in [1.165, 1.54) is 0 Å². The Balaban J connectivity index is 1.98. The summed E-state index contributed by atoms with van der Waals surface area (Å²) in [5.74, 6) is -1.43. The second-order valence-corrected chi connectivity index (χ2v) is 6.36. The van der Waals surface area contributed by atoms with Crippen molar-refractivity contribution >= 4 is 17.7 Å². The van der Waals surface area contributed by atoms with Gasteiger partial charge in [0.1, 0.15) is 0 Å². The highest BCUT2D eigenvalue weighted by Gasteiger charge is 2.20. The highest BCUT2D eigenvalue weighted by atomic mass is 16.4. The molecule has 0 aliphatic rings. The molecular weight excluding hydrogens is 330 g/mol. The fraction of sp³-hybridized carbons (Fsp3) is 0.286. The Labute approximate surface area is 153 Å². The molecule has 1 unspecified atom stereocenters. The second-order valence-electron chi connectivity index (χ2n) is 6.36. The van der Waals surface area contributed by atoms with Crippen LogP contribution in [0.3, 0.4) is 0 Å². The highest BCUT2D eigenvalue weighted by molar-refractivity contribution is 5.98. The highest BCUT2D eigenvalue weighted by Crippen LogP contribution is 2.21. The zero-order valence-corrected chi connectivity index (χ0v) is 15.0. The maximum atomic E-state index is 12.3. The fourth-order valence-corrected chi connectivity index (χ4v) is 2.77. The summed E-state index contributed by atoms with van der Waals surface area (Å²) in [4.78, 5) is 35.6. The minimum absolute atomic E-state index is 0.0225. The van der Waals surface area contributed by atoms with Gasteiger partial charge in [0.25, 0.3) is 0 Å². The number of nitrogens with one attached hydrogen (secondary N) is 1. The van der Waals surface area contributed by atoms with Gasteiger partial charge in [0, 0.05) is 18.4 Å². The van der Waals surface area contributed by atoms with Crippen LogP contribution in [0.4, 0.5) is 0 Å². The molecule has 0 saturated heterocycles. The van der Waals surface area contributed by atoms with Gasteiger partial charge in [-0.3, -0.25) is 14.4 Å². The Morgan fingerprint density at radius 3 is 2.23 bits per heavy atom.